The highest BCUT2D eigenvalue weighted by Gasteiger charge is 2.25. The molecule has 1 heterocycles. The molecular formula is C16H28N2S. The molecule has 0 bridgehead atoms. The van der Waals surface area contributed by atoms with Crippen LogP contribution in [-0.2, 0) is 11.8 Å². The summed E-state index contributed by atoms with van der Waals surface area (Å²) in [5.74, 6) is 1.55. The van der Waals surface area contributed by atoms with Gasteiger partial charge >= 0.3 is 0 Å². The highest BCUT2D eigenvalue weighted by molar-refractivity contribution is 7.09. The van der Waals surface area contributed by atoms with E-state index in [4.69, 9.17) is 10.7 Å². The Hall–Kier alpha value is -0.410. The van der Waals surface area contributed by atoms with Crippen LogP contribution in [0.25, 0.3) is 0 Å². The van der Waals surface area contributed by atoms with Gasteiger partial charge < -0.3 is 5.73 Å². The van der Waals surface area contributed by atoms with Gasteiger partial charge in [-0.2, -0.15) is 0 Å². The number of rotatable bonds is 3. The Morgan fingerprint density at radius 1 is 1.42 bits per heavy atom. The van der Waals surface area contributed by atoms with E-state index in [0.29, 0.717) is 12.0 Å². The third-order valence-corrected chi connectivity index (χ3v) is 5.18. The van der Waals surface area contributed by atoms with Crippen LogP contribution in [0, 0.1) is 11.8 Å². The van der Waals surface area contributed by atoms with Crippen LogP contribution in [0.15, 0.2) is 5.38 Å². The molecule has 0 saturated heterocycles. The van der Waals surface area contributed by atoms with Gasteiger partial charge in [0.2, 0.25) is 0 Å². The van der Waals surface area contributed by atoms with Crippen LogP contribution < -0.4 is 5.73 Å². The van der Waals surface area contributed by atoms with Crippen LogP contribution >= 0.6 is 11.3 Å². The van der Waals surface area contributed by atoms with Crippen molar-refractivity contribution in [3.63, 3.8) is 0 Å². The second-order valence-corrected chi connectivity index (χ2v) is 8.22. The Morgan fingerprint density at radius 3 is 2.74 bits per heavy atom. The first kappa shape index (κ1) is 15.0. The molecular weight excluding hydrogens is 252 g/mol. The molecule has 3 unspecified atom stereocenters. The Labute approximate surface area is 121 Å². The fourth-order valence-electron chi connectivity index (χ4n) is 2.99. The predicted octanol–water partition coefficient (Wildman–Crippen LogP) is 4.14. The summed E-state index contributed by atoms with van der Waals surface area (Å²) in [4.78, 5) is 4.77. The van der Waals surface area contributed by atoms with Crippen LogP contribution in [0.5, 0.6) is 0 Å². The van der Waals surface area contributed by atoms with Gasteiger partial charge in [-0.3, -0.25) is 0 Å². The third-order valence-electron chi connectivity index (χ3n) is 4.31. The van der Waals surface area contributed by atoms with Gasteiger partial charge in [-0.05, 0) is 24.7 Å². The van der Waals surface area contributed by atoms with Gasteiger partial charge in [0.05, 0.1) is 10.7 Å². The predicted molar refractivity (Wildman–Crippen MR) is 83.6 cm³/mol. The van der Waals surface area contributed by atoms with E-state index in [9.17, 15) is 0 Å². The van der Waals surface area contributed by atoms with Crippen LogP contribution in [-0.4, -0.2) is 11.0 Å². The van der Waals surface area contributed by atoms with E-state index in [1.165, 1.54) is 36.4 Å². The number of thiazole rings is 1. The molecule has 3 heteroatoms. The van der Waals surface area contributed by atoms with Gasteiger partial charge in [0.1, 0.15) is 0 Å². The van der Waals surface area contributed by atoms with Crippen LogP contribution in [0.4, 0.5) is 0 Å². The zero-order chi connectivity index (χ0) is 14.0. The molecule has 108 valence electrons. The lowest BCUT2D eigenvalue weighted by Gasteiger charge is -2.30. The lowest BCUT2D eigenvalue weighted by Crippen LogP contribution is -2.35. The molecule has 2 nitrogen and oxygen atoms in total. The minimum atomic E-state index is 0.151. The van der Waals surface area contributed by atoms with E-state index in [1.54, 1.807) is 11.3 Å². The summed E-state index contributed by atoms with van der Waals surface area (Å²) in [6.45, 7) is 9.01. The van der Waals surface area contributed by atoms with Crippen molar-refractivity contribution in [2.24, 2.45) is 17.6 Å². The Balaban J connectivity index is 1.95. The summed E-state index contributed by atoms with van der Waals surface area (Å²) in [6.07, 6.45) is 6.30. The molecule has 3 atom stereocenters. The zero-order valence-electron chi connectivity index (χ0n) is 12.8. The highest BCUT2D eigenvalue weighted by atomic mass is 32.1. The first-order valence-corrected chi connectivity index (χ1v) is 8.44. The smallest absolute Gasteiger partial charge is 0.0944 e. The quantitative estimate of drug-likeness (QED) is 0.904. The number of nitrogens with two attached hydrogens (primary N) is 1. The molecule has 1 aliphatic rings. The van der Waals surface area contributed by atoms with Crippen LogP contribution in [0.1, 0.15) is 64.1 Å². The second-order valence-electron chi connectivity index (χ2n) is 7.28. The lowest BCUT2D eigenvalue weighted by molar-refractivity contribution is 0.245. The van der Waals surface area contributed by atoms with E-state index in [2.05, 4.69) is 33.1 Å². The van der Waals surface area contributed by atoms with Crippen molar-refractivity contribution >= 4 is 11.3 Å². The van der Waals surface area contributed by atoms with Crippen molar-refractivity contribution in [1.29, 1.82) is 0 Å². The second kappa shape index (κ2) is 5.92. The summed E-state index contributed by atoms with van der Waals surface area (Å²) < 4.78 is 0. The van der Waals surface area contributed by atoms with Crippen LogP contribution in [0.2, 0.25) is 0 Å². The van der Waals surface area contributed by atoms with Gasteiger partial charge in [0.25, 0.3) is 0 Å². The monoisotopic (exact) mass is 280 g/mol. The maximum absolute atomic E-state index is 6.43. The van der Waals surface area contributed by atoms with Gasteiger partial charge in [-0.25, -0.2) is 4.98 Å². The maximum Gasteiger partial charge on any atom is 0.0944 e. The largest absolute Gasteiger partial charge is 0.327 e. The lowest BCUT2D eigenvalue weighted by atomic mass is 9.78. The topological polar surface area (TPSA) is 38.9 Å². The SMILES string of the molecule is CC1CCCC(C(N)Cc2nc(C(C)(C)C)cs2)C1. The van der Waals surface area contributed by atoms with Crippen molar-refractivity contribution in [1.82, 2.24) is 4.98 Å². The summed E-state index contributed by atoms with van der Waals surface area (Å²) in [7, 11) is 0. The summed E-state index contributed by atoms with van der Waals surface area (Å²) in [6, 6.07) is 0.293. The van der Waals surface area contributed by atoms with Crippen molar-refractivity contribution in [3.8, 4) is 0 Å². The molecule has 0 amide bonds. The maximum atomic E-state index is 6.43. The molecule has 2 rings (SSSR count). The van der Waals surface area contributed by atoms with Crippen LogP contribution in [0.3, 0.4) is 0 Å². The fourth-order valence-corrected chi connectivity index (χ4v) is 4.08. The van der Waals surface area contributed by atoms with Gasteiger partial charge in [-0.1, -0.05) is 40.5 Å². The van der Waals surface area contributed by atoms with Crippen molar-refractivity contribution in [2.45, 2.75) is 71.3 Å². The molecule has 2 N–H and O–H groups in total. The summed E-state index contributed by atoms with van der Waals surface area (Å²) >= 11 is 1.78. The highest BCUT2D eigenvalue weighted by Crippen LogP contribution is 2.32. The minimum absolute atomic E-state index is 0.151. The third kappa shape index (κ3) is 4.03. The first-order valence-electron chi connectivity index (χ1n) is 7.56. The summed E-state index contributed by atoms with van der Waals surface area (Å²) in [5.41, 5.74) is 7.78. The van der Waals surface area contributed by atoms with Crippen molar-refractivity contribution in [3.05, 3.63) is 16.1 Å². The Morgan fingerprint density at radius 2 is 2.16 bits per heavy atom. The average molecular weight is 280 g/mol. The van der Waals surface area contributed by atoms with E-state index in [0.717, 1.165) is 12.3 Å². The number of nitrogens with zero attached hydrogens (tertiary/aromatic N) is 1. The normalized spacial score (nSPS) is 26.4. The van der Waals surface area contributed by atoms with E-state index >= 15 is 0 Å². The Bertz CT molecular complexity index is 405. The molecule has 19 heavy (non-hydrogen) atoms. The molecule has 1 aromatic heterocycles. The van der Waals surface area contributed by atoms with Crippen molar-refractivity contribution < 1.29 is 0 Å². The minimum Gasteiger partial charge on any atom is -0.327 e. The fraction of sp³-hybridized carbons (Fsp3) is 0.812. The number of hydrogen-bond donors (Lipinski definition) is 1. The molecule has 0 radical (unpaired) electrons. The van der Waals surface area contributed by atoms with E-state index < -0.39 is 0 Å². The molecule has 0 aromatic carbocycles. The number of aromatic nitrogens is 1. The van der Waals surface area contributed by atoms with Gasteiger partial charge in [0.15, 0.2) is 0 Å². The molecule has 1 aromatic rings. The molecule has 0 spiro atoms. The summed E-state index contributed by atoms with van der Waals surface area (Å²) in [5, 5.41) is 3.42. The van der Waals surface area contributed by atoms with Crippen molar-refractivity contribution in [2.75, 3.05) is 0 Å². The molecule has 1 aliphatic carbocycles. The van der Waals surface area contributed by atoms with Gasteiger partial charge in [-0.15, -0.1) is 11.3 Å². The average Bonchev–Trinajstić information content (AvgIpc) is 2.77. The van der Waals surface area contributed by atoms with E-state index in [1.807, 2.05) is 0 Å². The molecule has 0 aliphatic heterocycles. The number of hydrogen-bond acceptors (Lipinski definition) is 3. The molecule has 1 fully saturated rings. The Kier molecular flexibility index (Phi) is 4.67. The van der Waals surface area contributed by atoms with Gasteiger partial charge in [0, 0.05) is 23.3 Å². The van der Waals surface area contributed by atoms with E-state index in [-0.39, 0.29) is 5.41 Å². The molecule has 1 saturated carbocycles. The standard InChI is InChI=1S/C16H28N2S/c1-11-6-5-7-12(8-11)13(17)9-15-18-14(10-19-15)16(2,3)4/h10-13H,5-9,17H2,1-4H3. The zero-order valence-corrected chi connectivity index (χ0v) is 13.6. The first-order chi connectivity index (χ1) is 8.86.